The summed E-state index contributed by atoms with van der Waals surface area (Å²) in [6.45, 7) is -1.17. The zero-order chi connectivity index (χ0) is 31.3. The van der Waals surface area contributed by atoms with Gasteiger partial charge >= 0.3 is 53.6 Å². The highest BCUT2D eigenvalue weighted by Gasteiger charge is 2.95. The molecule has 21 heteroatoms. The average Bonchev–Trinajstić information content (AvgIpc) is 2.75. The number of hydrogen-bond acceptors (Lipinski definition) is 2. The second-order valence-electron chi connectivity index (χ2n) is 7.55. The first-order chi connectivity index (χ1) is 17.0. The van der Waals surface area contributed by atoms with E-state index in [1.165, 1.54) is 22.6 Å². The Morgan fingerprint density at radius 2 is 1.10 bits per heavy atom. The van der Waals surface area contributed by atoms with Crippen molar-refractivity contribution >= 4 is 28.6 Å². The summed E-state index contributed by atoms with van der Waals surface area (Å²) in [4.78, 5) is 11.0. The second kappa shape index (κ2) is 10.5. The summed E-state index contributed by atoms with van der Waals surface area (Å²) in [6, 6.07) is 2.89. The van der Waals surface area contributed by atoms with E-state index in [4.69, 9.17) is 9.84 Å². The number of ether oxygens (including phenoxy) is 1. The summed E-state index contributed by atoms with van der Waals surface area (Å²) in [7, 11) is 0. The van der Waals surface area contributed by atoms with E-state index in [0.717, 1.165) is 18.2 Å². The molecule has 226 valence electrons. The molecule has 3 nitrogen and oxygen atoms in total. The molecule has 1 aromatic carbocycles. The minimum atomic E-state index is -8.67. The van der Waals surface area contributed by atoms with Crippen molar-refractivity contribution in [2.45, 2.75) is 60.5 Å². The molecule has 1 rings (SSSR count). The zero-order valence-corrected chi connectivity index (χ0v) is 20.1. The van der Waals surface area contributed by atoms with E-state index >= 15 is 0 Å². The van der Waals surface area contributed by atoms with Gasteiger partial charge in [-0.1, -0.05) is 0 Å². The summed E-state index contributed by atoms with van der Waals surface area (Å²) in [5, 5.41) is 8.92. The Kier molecular flexibility index (Phi) is 9.40. The predicted octanol–water partition coefficient (Wildman–Crippen LogP) is 8.16. The van der Waals surface area contributed by atoms with Crippen LogP contribution in [0.3, 0.4) is 0 Å². The first-order valence-corrected chi connectivity index (χ1v) is 10.5. The van der Waals surface area contributed by atoms with Crippen LogP contribution in [0.15, 0.2) is 18.2 Å². The van der Waals surface area contributed by atoms with Crippen LogP contribution < -0.4 is 4.74 Å². The lowest BCUT2D eigenvalue weighted by Gasteiger charge is -2.42. The number of halogens is 18. The number of benzene rings is 1. The van der Waals surface area contributed by atoms with Gasteiger partial charge in [0.1, 0.15) is 5.75 Å². The van der Waals surface area contributed by atoms with Gasteiger partial charge in [-0.3, -0.25) is 0 Å². The number of rotatable bonds is 12. The number of carboxylic acid groups (broad SMARTS) is 1. The summed E-state index contributed by atoms with van der Waals surface area (Å²) < 4.78 is 230. The summed E-state index contributed by atoms with van der Waals surface area (Å²) in [5.74, 6) is -58.6. The molecule has 0 aliphatic carbocycles. The van der Waals surface area contributed by atoms with Gasteiger partial charge in [-0.25, -0.2) is 4.79 Å². The minimum Gasteiger partial charge on any atom is -0.494 e. The molecule has 1 N–H and O–H groups in total. The van der Waals surface area contributed by atoms with Crippen LogP contribution in [0.4, 0.5) is 74.6 Å². The van der Waals surface area contributed by atoms with Crippen LogP contribution in [0.2, 0.25) is 0 Å². The van der Waals surface area contributed by atoms with Crippen LogP contribution >= 0.6 is 22.6 Å². The summed E-state index contributed by atoms with van der Waals surface area (Å²) >= 11 is 1.54. The molecule has 0 aromatic heterocycles. The van der Waals surface area contributed by atoms with Crippen LogP contribution in [0, 0.1) is 3.57 Å². The van der Waals surface area contributed by atoms with E-state index in [-0.39, 0.29) is 3.57 Å². The molecular formula is C18H10F17IO3. The van der Waals surface area contributed by atoms with Crippen molar-refractivity contribution in [3.63, 3.8) is 0 Å². The Hall–Kier alpha value is -1.97. The van der Waals surface area contributed by atoms with Crippen LogP contribution in [0.1, 0.15) is 23.2 Å². The molecule has 0 atom stereocenters. The monoisotopic (exact) mass is 724 g/mol. The van der Waals surface area contributed by atoms with Gasteiger partial charge in [-0.2, -0.15) is 74.6 Å². The quantitative estimate of drug-likeness (QED) is 0.135. The highest BCUT2D eigenvalue weighted by Crippen LogP contribution is 2.64. The molecule has 0 aliphatic heterocycles. The number of aromatic carboxylic acids is 1. The molecule has 1 aromatic rings. The third-order valence-electron chi connectivity index (χ3n) is 4.86. The normalized spacial score (nSPS) is 14.9. The molecule has 0 bridgehead atoms. The first-order valence-electron chi connectivity index (χ1n) is 9.41. The van der Waals surface area contributed by atoms with E-state index in [9.17, 15) is 79.4 Å². The molecule has 0 saturated heterocycles. The van der Waals surface area contributed by atoms with Gasteiger partial charge in [0.05, 0.1) is 12.2 Å². The van der Waals surface area contributed by atoms with Crippen molar-refractivity contribution in [2.75, 3.05) is 6.61 Å². The fourth-order valence-corrected chi connectivity index (χ4v) is 3.16. The largest absolute Gasteiger partial charge is 0.494 e. The maximum absolute atomic E-state index is 13.8. The Morgan fingerprint density at radius 3 is 1.51 bits per heavy atom. The van der Waals surface area contributed by atoms with Gasteiger partial charge < -0.3 is 9.84 Å². The Labute approximate surface area is 218 Å². The standard InChI is InChI=1S/C18H10F17IO3/c19-11(20,4-1-5-39-7-2-3-9(36)8(6-7)10(37)38)12(21,22)13(23,24)14(25,26)15(27,28)16(29,30)17(31,32)18(33,34)35/h2-3,6H,1,4-5H2,(H,37,38). The second-order valence-corrected chi connectivity index (χ2v) is 8.71. The highest BCUT2D eigenvalue weighted by atomic mass is 127. The number of carboxylic acids is 1. The van der Waals surface area contributed by atoms with E-state index in [1.54, 1.807) is 0 Å². The van der Waals surface area contributed by atoms with Crippen LogP contribution in [-0.2, 0) is 0 Å². The van der Waals surface area contributed by atoms with Gasteiger partial charge in [-0.05, 0) is 47.2 Å². The van der Waals surface area contributed by atoms with E-state index in [1.807, 2.05) is 0 Å². The lowest BCUT2D eigenvalue weighted by atomic mass is 9.88. The van der Waals surface area contributed by atoms with Crippen molar-refractivity contribution < 1.29 is 89.3 Å². The molecule has 0 amide bonds. The number of alkyl halides is 17. The number of carbonyl (C=O) groups is 1. The molecule has 0 heterocycles. The van der Waals surface area contributed by atoms with E-state index in [0.29, 0.717) is 0 Å². The van der Waals surface area contributed by atoms with E-state index in [2.05, 4.69) is 0 Å². The van der Waals surface area contributed by atoms with Gasteiger partial charge in [-0.15, -0.1) is 0 Å². The number of hydrogen-bond donors (Lipinski definition) is 1. The molecule has 0 spiro atoms. The van der Waals surface area contributed by atoms with Crippen molar-refractivity contribution in [3.8, 4) is 5.75 Å². The maximum Gasteiger partial charge on any atom is 0.460 e. The molecule has 0 radical (unpaired) electrons. The third kappa shape index (κ3) is 5.64. The third-order valence-corrected chi connectivity index (χ3v) is 5.80. The molecule has 39 heavy (non-hydrogen) atoms. The van der Waals surface area contributed by atoms with Crippen molar-refractivity contribution in [2.24, 2.45) is 0 Å². The highest BCUT2D eigenvalue weighted by molar-refractivity contribution is 14.1. The first kappa shape index (κ1) is 35.1. The van der Waals surface area contributed by atoms with Gasteiger partial charge in [0.25, 0.3) is 0 Å². The topological polar surface area (TPSA) is 46.5 Å². The van der Waals surface area contributed by atoms with Gasteiger partial charge in [0.15, 0.2) is 0 Å². The van der Waals surface area contributed by atoms with Gasteiger partial charge in [0, 0.05) is 9.99 Å². The Bertz CT molecular complexity index is 1050. The van der Waals surface area contributed by atoms with Crippen LogP contribution in [0.25, 0.3) is 0 Å². The maximum atomic E-state index is 13.8. The molecule has 0 fully saturated rings. The fraction of sp³-hybridized carbons (Fsp3) is 0.611. The summed E-state index contributed by atoms with van der Waals surface area (Å²) in [5.41, 5.74) is -0.416. The van der Waals surface area contributed by atoms with Crippen molar-refractivity contribution in [1.29, 1.82) is 0 Å². The molecule has 0 saturated carbocycles. The van der Waals surface area contributed by atoms with Crippen molar-refractivity contribution in [3.05, 3.63) is 27.3 Å². The van der Waals surface area contributed by atoms with E-state index < -0.39 is 84.4 Å². The van der Waals surface area contributed by atoms with Crippen LogP contribution in [-0.4, -0.2) is 65.3 Å². The minimum absolute atomic E-state index is 0.122. The molecule has 0 unspecified atom stereocenters. The smallest absolute Gasteiger partial charge is 0.460 e. The molecular weight excluding hydrogens is 714 g/mol. The Balaban J connectivity index is 3.23. The fourth-order valence-electron chi connectivity index (χ4n) is 2.60. The SMILES string of the molecule is O=C(O)c1cc(OCCCC(F)(F)C(F)(F)C(F)(F)C(F)(F)C(F)(F)C(F)(F)C(F)(F)C(F)(F)F)ccc1I. The van der Waals surface area contributed by atoms with Gasteiger partial charge in [0.2, 0.25) is 0 Å². The van der Waals surface area contributed by atoms with Crippen molar-refractivity contribution in [1.82, 2.24) is 0 Å². The van der Waals surface area contributed by atoms with Crippen LogP contribution in [0.5, 0.6) is 5.75 Å². The average molecular weight is 724 g/mol. The molecule has 0 aliphatic rings. The predicted molar refractivity (Wildman–Crippen MR) is 102 cm³/mol. The Morgan fingerprint density at radius 1 is 0.692 bits per heavy atom. The summed E-state index contributed by atoms with van der Waals surface area (Å²) in [6.07, 6.45) is -11.9. The lowest BCUT2D eigenvalue weighted by Crippen LogP contribution is -2.74. The zero-order valence-electron chi connectivity index (χ0n) is 17.9. The lowest BCUT2D eigenvalue weighted by molar-refractivity contribution is -0.461.